The molecule has 0 amide bonds. The van der Waals surface area contributed by atoms with Gasteiger partial charge in [0.2, 0.25) is 5.82 Å². The summed E-state index contributed by atoms with van der Waals surface area (Å²) >= 11 is 0. The molecule has 0 spiro atoms. The van der Waals surface area contributed by atoms with Gasteiger partial charge in [-0.15, -0.1) is 0 Å². The maximum absolute atomic E-state index is 11.2. The van der Waals surface area contributed by atoms with Gasteiger partial charge in [0.25, 0.3) is 0 Å². The number of nitro groups is 1. The van der Waals surface area contributed by atoms with Crippen LogP contribution in [0.2, 0.25) is 0 Å². The lowest BCUT2D eigenvalue weighted by molar-refractivity contribution is -0.385. The van der Waals surface area contributed by atoms with Gasteiger partial charge in [-0.25, -0.2) is 9.97 Å². The van der Waals surface area contributed by atoms with Crippen molar-refractivity contribution < 1.29 is 4.92 Å². The van der Waals surface area contributed by atoms with Crippen LogP contribution < -0.4 is 5.73 Å². The molecule has 1 aromatic heterocycles. The molecule has 1 heterocycles. The van der Waals surface area contributed by atoms with Crippen LogP contribution in [0.15, 0.2) is 30.6 Å². The van der Waals surface area contributed by atoms with E-state index >= 15 is 0 Å². The molecule has 3 rings (SSSR count). The summed E-state index contributed by atoms with van der Waals surface area (Å²) in [5.41, 5.74) is 8.20. The molecule has 0 fully saturated rings. The first-order valence-electron chi connectivity index (χ1n) is 6.01. The van der Waals surface area contributed by atoms with Crippen LogP contribution in [-0.2, 0) is 6.42 Å². The first kappa shape index (κ1) is 11.6. The third-order valence-corrected chi connectivity index (χ3v) is 3.52. The zero-order chi connectivity index (χ0) is 13.4. The molecular weight excluding hydrogens is 244 g/mol. The highest BCUT2D eigenvalue weighted by Crippen LogP contribution is 2.41. The highest BCUT2D eigenvalue weighted by atomic mass is 16.6. The molecule has 6 nitrogen and oxygen atoms in total. The van der Waals surface area contributed by atoms with Gasteiger partial charge < -0.3 is 5.73 Å². The van der Waals surface area contributed by atoms with Crippen molar-refractivity contribution in [2.24, 2.45) is 0 Å². The number of hydrogen-bond donors (Lipinski definition) is 1. The molecule has 0 radical (unpaired) electrons. The Morgan fingerprint density at radius 2 is 2.11 bits per heavy atom. The van der Waals surface area contributed by atoms with Crippen LogP contribution in [0, 0.1) is 10.1 Å². The number of nitrogen functional groups attached to an aromatic ring is 1. The number of aryl methyl sites for hydroxylation is 1. The van der Waals surface area contributed by atoms with E-state index in [0.29, 0.717) is 5.69 Å². The van der Waals surface area contributed by atoms with Gasteiger partial charge in [-0.2, -0.15) is 0 Å². The van der Waals surface area contributed by atoms with Crippen molar-refractivity contribution in [2.45, 2.75) is 18.8 Å². The van der Waals surface area contributed by atoms with Crippen LogP contribution >= 0.6 is 0 Å². The average molecular weight is 256 g/mol. The number of fused-ring (bicyclic) bond motifs is 1. The first-order valence-corrected chi connectivity index (χ1v) is 6.01. The predicted molar refractivity (Wildman–Crippen MR) is 69.7 cm³/mol. The standard InChI is InChI=1S/C13H12N4O2/c14-13-12(17(18)19)11(15-7-16-13)10-6-5-8-3-1-2-4-9(8)10/h1-4,7,10H,5-6H2,(H2,14,15,16). The maximum atomic E-state index is 11.2. The van der Waals surface area contributed by atoms with Crippen LogP contribution in [0.1, 0.15) is 29.2 Å². The van der Waals surface area contributed by atoms with Gasteiger partial charge in [-0.05, 0) is 24.0 Å². The Labute approximate surface area is 109 Å². The van der Waals surface area contributed by atoms with Gasteiger partial charge in [0, 0.05) is 5.92 Å². The molecule has 1 aromatic carbocycles. The van der Waals surface area contributed by atoms with Crippen molar-refractivity contribution in [2.75, 3.05) is 5.73 Å². The summed E-state index contributed by atoms with van der Waals surface area (Å²) in [6.45, 7) is 0. The average Bonchev–Trinajstić information content (AvgIpc) is 2.81. The SMILES string of the molecule is Nc1ncnc(C2CCc3ccccc32)c1[N+](=O)[O-]. The van der Waals surface area contributed by atoms with Crippen molar-refractivity contribution in [3.8, 4) is 0 Å². The number of hydrogen-bond acceptors (Lipinski definition) is 5. The van der Waals surface area contributed by atoms with Crippen molar-refractivity contribution in [1.82, 2.24) is 9.97 Å². The molecule has 2 aromatic rings. The predicted octanol–water partition coefficient (Wildman–Crippen LogP) is 2.05. The molecule has 1 aliphatic rings. The molecule has 0 bridgehead atoms. The second kappa shape index (κ2) is 4.31. The van der Waals surface area contributed by atoms with E-state index in [4.69, 9.17) is 5.73 Å². The maximum Gasteiger partial charge on any atom is 0.333 e. The lowest BCUT2D eigenvalue weighted by Gasteiger charge is -2.11. The third-order valence-electron chi connectivity index (χ3n) is 3.52. The fraction of sp³-hybridized carbons (Fsp3) is 0.231. The molecule has 0 saturated heterocycles. The summed E-state index contributed by atoms with van der Waals surface area (Å²) in [4.78, 5) is 18.5. The highest BCUT2D eigenvalue weighted by Gasteiger charge is 2.32. The van der Waals surface area contributed by atoms with Gasteiger partial charge in [-0.3, -0.25) is 10.1 Å². The minimum atomic E-state index is -0.494. The van der Waals surface area contributed by atoms with Gasteiger partial charge in [0.1, 0.15) is 12.0 Å². The number of aromatic nitrogens is 2. The van der Waals surface area contributed by atoms with E-state index in [9.17, 15) is 10.1 Å². The van der Waals surface area contributed by atoms with Crippen LogP contribution in [0.3, 0.4) is 0 Å². The van der Waals surface area contributed by atoms with Crippen molar-refractivity contribution >= 4 is 11.5 Å². The summed E-state index contributed by atoms with van der Waals surface area (Å²) in [5.74, 6) is -0.138. The second-order valence-electron chi connectivity index (χ2n) is 4.54. The van der Waals surface area contributed by atoms with E-state index in [2.05, 4.69) is 9.97 Å². The van der Waals surface area contributed by atoms with E-state index < -0.39 is 4.92 Å². The van der Waals surface area contributed by atoms with E-state index in [1.54, 1.807) is 0 Å². The molecule has 2 N–H and O–H groups in total. The van der Waals surface area contributed by atoms with Gasteiger partial charge >= 0.3 is 5.69 Å². The Morgan fingerprint density at radius 3 is 2.89 bits per heavy atom. The fourth-order valence-corrected chi connectivity index (χ4v) is 2.69. The van der Waals surface area contributed by atoms with Crippen molar-refractivity contribution in [1.29, 1.82) is 0 Å². The minimum absolute atomic E-state index is 0.0677. The summed E-state index contributed by atoms with van der Waals surface area (Å²) in [6.07, 6.45) is 3.01. The topological polar surface area (TPSA) is 94.9 Å². The van der Waals surface area contributed by atoms with Crippen LogP contribution in [0.25, 0.3) is 0 Å². The normalized spacial score (nSPS) is 17.2. The number of rotatable bonds is 2. The van der Waals surface area contributed by atoms with Gasteiger partial charge in [0.15, 0.2) is 0 Å². The summed E-state index contributed by atoms with van der Waals surface area (Å²) in [5, 5.41) is 11.2. The summed E-state index contributed by atoms with van der Waals surface area (Å²) in [6, 6.07) is 7.96. The number of anilines is 1. The highest BCUT2D eigenvalue weighted by molar-refractivity contribution is 5.58. The molecule has 19 heavy (non-hydrogen) atoms. The molecule has 6 heteroatoms. The molecule has 1 aliphatic carbocycles. The van der Waals surface area contributed by atoms with Crippen LogP contribution in [0.4, 0.5) is 11.5 Å². The molecule has 1 unspecified atom stereocenters. The van der Waals surface area contributed by atoms with Crippen molar-refractivity contribution in [3.63, 3.8) is 0 Å². The van der Waals surface area contributed by atoms with Crippen LogP contribution in [-0.4, -0.2) is 14.9 Å². The first-order chi connectivity index (χ1) is 9.18. The smallest absolute Gasteiger partial charge is 0.333 e. The quantitative estimate of drug-likeness (QED) is 0.655. The number of benzene rings is 1. The fourth-order valence-electron chi connectivity index (χ4n) is 2.69. The molecule has 0 aliphatic heterocycles. The van der Waals surface area contributed by atoms with Crippen LogP contribution in [0.5, 0.6) is 0 Å². The summed E-state index contributed by atoms with van der Waals surface area (Å²) in [7, 11) is 0. The van der Waals surface area contributed by atoms with Crippen molar-refractivity contribution in [3.05, 3.63) is 57.5 Å². The number of nitrogens with zero attached hydrogens (tertiary/aromatic N) is 3. The zero-order valence-corrected chi connectivity index (χ0v) is 10.1. The molecule has 0 saturated carbocycles. The van der Waals surface area contributed by atoms with Gasteiger partial charge in [0.05, 0.1) is 4.92 Å². The lowest BCUT2D eigenvalue weighted by atomic mass is 9.96. The van der Waals surface area contributed by atoms with E-state index in [0.717, 1.165) is 18.4 Å². The summed E-state index contributed by atoms with van der Waals surface area (Å²) < 4.78 is 0. The Kier molecular flexibility index (Phi) is 2.63. The largest absolute Gasteiger partial charge is 0.378 e. The van der Waals surface area contributed by atoms with E-state index in [1.165, 1.54) is 11.9 Å². The molecular formula is C13H12N4O2. The lowest BCUT2D eigenvalue weighted by Crippen LogP contribution is -2.08. The van der Waals surface area contributed by atoms with E-state index in [1.807, 2.05) is 24.3 Å². The number of nitrogens with two attached hydrogens (primary N) is 1. The molecule has 96 valence electrons. The third kappa shape index (κ3) is 1.81. The molecule has 1 atom stereocenters. The Bertz CT molecular complexity index is 657. The Morgan fingerprint density at radius 1 is 1.32 bits per heavy atom. The zero-order valence-electron chi connectivity index (χ0n) is 10.1. The minimum Gasteiger partial charge on any atom is -0.378 e. The Balaban J connectivity index is 2.15. The second-order valence-corrected chi connectivity index (χ2v) is 4.54. The van der Waals surface area contributed by atoms with Gasteiger partial charge in [-0.1, -0.05) is 24.3 Å². The van der Waals surface area contributed by atoms with E-state index in [-0.39, 0.29) is 17.4 Å². The Hall–Kier alpha value is -2.50. The monoisotopic (exact) mass is 256 g/mol.